The van der Waals surface area contributed by atoms with E-state index in [0.717, 1.165) is 58.2 Å². The Kier molecular flexibility index (Phi) is 6.14. The molecular formula is C19H33N3O2. The average Bonchev–Trinajstić information content (AvgIpc) is 3.27. The summed E-state index contributed by atoms with van der Waals surface area (Å²) in [5, 5.41) is 3.09. The predicted molar refractivity (Wildman–Crippen MR) is 94.6 cm³/mol. The molecule has 2 aliphatic heterocycles. The molecule has 0 radical (unpaired) electrons. The van der Waals surface area contributed by atoms with Gasteiger partial charge in [0.1, 0.15) is 6.04 Å². The van der Waals surface area contributed by atoms with Crippen LogP contribution in [0.1, 0.15) is 64.7 Å². The van der Waals surface area contributed by atoms with Crippen LogP contribution >= 0.6 is 0 Å². The van der Waals surface area contributed by atoms with Crippen molar-refractivity contribution in [1.82, 2.24) is 15.1 Å². The molecule has 136 valence electrons. The molecule has 5 heteroatoms. The Morgan fingerprint density at radius 2 is 1.71 bits per heavy atom. The van der Waals surface area contributed by atoms with Crippen LogP contribution in [0.15, 0.2) is 0 Å². The lowest BCUT2D eigenvalue weighted by molar-refractivity contribution is -0.141. The van der Waals surface area contributed by atoms with Crippen molar-refractivity contribution in [2.75, 3.05) is 26.2 Å². The highest BCUT2D eigenvalue weighted by Crippen LogP contribution is 2.29. The summed E-state index contributed by atoms with van der Waals surface area (Å²) in [6.45, 7) is 5.81. The fourth-order valence-corrected chi connectivity index (χ4v) is 4.64. The van der Waals surface area contributed by atoms with Crippen molar-refractivity contribution in [3.63, 3.8) is 0 Å². The van der Waals surface area contributed by atoms with Gasteiger partial charge in [-0.2, -0.15) is 0 Å². The largest absolute Gasteiger partial charge is 0.353 e. The molecule has 0 spiro atoms. The normalized spacial score (nSPS) is 29.1. The van der Waals surface area contributed by atoms with Gasteiger partial charge in [0.25, 0.3) is 0 Å². The maximum Gasteiger partial charge on any atom is 0.242 e. The van der Waals surface area contributed by atoms with Crippen molar-refractivity contribution in [1.29, 1.82) is 0 Å². The second kappa shape index (κ2) is 8.32. The predicted octanol–water partition coefficient (Wildman–Crippen LogP) is 2.16. The molecular weight excluding hydrogens is 302 g/mol. The smallest absolute Gasteiger partial charge is 0.242 e. The van der Waals surface area contributed by atoms with Crippen LogP contribution in [0.2, 0.25) is 0 Å². The molecule has 1 N–H and O–H groups in total. The van der Waals surface area contributed by atoms with Crippen LogP contribution in [0.5, 0.6) is 0 Å². The summed E-state index contributed by atoms with van der Waals surface area (Å²) in [7, 11) is 0. The highest BCUT2D eigenvalue weighted by atomic mass is 16.2. The van der Waals surface area contributed by atoms with Gasteiger partial charge in [0.2, 0.25) is 11.8 Å². The molecule has 2 atom stereocenters. The number of carbonyl (C=O) groups is 2. The Labute approximate surface area is 146 Å². The molecule has 0 aromatic rings. The first-order valence-corrected chi connectivity index (χ1v) is 9.99. The maximum absolute atomic E-state index is 12.7. The second-order valence-corrected chi connectivity index (χ2v) is 7.84. The third-order valence-corrected chi connectivity index (χ3v) is 6.18. The van der Waals surface area contributed by atoms with E-state index in [9.17, 15) is 9.59 Å². The zero-order valence-electron chi connectivity index (χ0n) is 15.1. The first kappa shape index (κ1) is 17.7. The molecule has 3 aliphatic rings. The summed E-state index contributed by atoms with van der Waals surface area (Å²) in [6, 6.07) is 0.402. The average molecular weight is 335 g/mol. The highest BCUT2D eigenvalue weighted by molar-refractivity contribution is 5.89. The molecule has 3 rings (SSSR count). The van der Waals surface area contributed by atoms with Gasteiger partial charge < -0.3 is 10.2 Å². The summed E-state index contributed by atoms with van der Waals surface area (Å²) in [6.07, 6.45) is 9.98. The van der Waals surface area contributed by atoms with Gasteiger partial charge in [0, 0.05) is 31.6 Å². The van der Waals surface area contributed by atoms with Crippen LogP contribution < -0.4 is 5.32 Å². The number of hydrogen-bond donors (Lipinski definition) is 1. The fraction of sp³-hybridized carbons (Fsp3) is 0.895. The molecule has 1 saturated carbocycles. The van der Waals surface area contributed by atoms with E-state index in [1.165, 1.54) is 19.3 Å². The van der Waals surface area contributed by atoms with Gasteiger partial charge in [-0.05, 0) is 52.0 Å². The number of piperidine rings is 1. The first-order valence-electron chi connectivity index (χ1n) is 9.99. The van der Waals surface area contributed by atoms with Gasteiger partial charge in [0.05, 0.1) is 0 Å². The molecule has 0 bridgehead atoms. The van der Waals surface area contributed by atoms with E-state index in [2.05, 4.69) is 17.1 Å². The van der Waals surface area contributed by atoms with Crippen molar-refractivity contribution in [3.8, 4) is 0 Å². The van der Waals surface area contributed by atoms with Gasteiger partial charge in [-0.3, -0.25) is 14.5 Å². The number of carbonyl (C=O) groups excluding carboxylic acids is 2. The molecule has 2 amide bonds. The van der Waals surface area contributed by atoms with E-state index in [-0.39, 0.29) is 23.8 Å². The Morgan fingerprint density at radius 3 is 2.46 bits per heavy atom. The van der Waals surface area contributed by atoms with E-state index in [1.54, 1.807) is 0 Å². The van der Waals surface area contributed by atoms with Crippen LogP contribution in [0.25, 0.3) is 0 Å². The third-order valence-electron chi connectivity index (χ3n) is 6.18. The number of nitrogens with zero attached hydrogens (tertiary/aromatic N) is 2. The Bertz CT molecular complexity index is 448. The summed E-state index contributed by atoms with van der Waals surface area (Å²) >= 11 is 0. The lowest BCUT2D eigenvalue weighted by Gasteiger charge is -2.33. The quantitative estimate of drug-likeness (QED) is 0.838. The number of rotatable bonds is 5. The number of likely N-dealkylation sites (tertiary alicyclic amines) is 2. The first-order chi connectivity index (χ1) is 11.7. The van der Waals surface area contributed by atoms with Crippen molar-refractivity contribution in [2.45, 2.75) is 76.8 Å². The molecule has 0 aromatic heterocycles. The maximum atomic E-state index is 12.7. The summed E-state index contributed by atoms with van der Waals surface area (Å²) in [4.78, 5) is 29.6. The van der Waals surface area contributed by atoms with Crippen LogP contribution in [0, 0.1) is 5.92 Å². The zero-order valence-corrected chi connectivity index (χ0v) is 15.1. The van der Waals surface area contributed by atoms with E-state index in [0.29, 0.717) is 12.6 Å². The summed E-state index contributed by atoms with van der Waals surface area (Å²) in [5.74, 6) is 0.464. The van der Waals surface area contributed by atoms with E-state index in [1.807, 2.05) is 4.90 Å². The third kappa shape index (κ3) is 4.11. The van der Waals surface area contributed by atoms with E-state index < -0.39 is 0 Å². The van der Waals surface area contributed by atoms with Crippen LogP contribution in [0.3, 0.4) is 0 Å². The SMILES string of the molecule is C[C@@H]1CCCCN1CCNC(=O)[C@@H]1CCCN1C(=O)C1CCCC1. The molecule has 3 fully saturated rings. The summed E-state index contributed by atoms with van der Waals surface area (Å²) in [5.41, 5.74) is 0. The van der Waals surface area contributed by atoms with Crippen molar-refractivity contribution in [3.05, 3.63) is 0 Å². The van der Waals surface area contributed by atoms with Gasteiger partial charge in [-0.1, -0.05) is 19.3 Å². The van der Waals surface area contributed by atoms with Crippen molar-refractivity contribution >= 4 is 11.8 Å². The lowest BCUT2D eigenvalue weighted by Crippen LogP contribution is -2.49. The molecule has 1 aliphatic carbocycles. The van der Waals surface area contributed by atoms with Gasteiger partial charge in [0.15, 0.2) is 0 Å². The number of nitrogens with one attached hydrogen (secondary N) is 1. The van der Waals surface area contributed by atoms with E-state index >= 15 is 0 Å². The summed E-state index contributed by atoms with van der Waals surface area (Å²) < 4.78 is 0. The Balaban J connectivity index is 1.45. The van der Waals surface area contributed by atoms with Crippen molar-refractivity contribution < 1.29 is 9.59 Å². The van der Waals surface area contributed by atoms with Crippen LogP contribution in [-0.2, 0) is 9.59 Å². The van der Waals surface area contributed by atoms with Crippen LogP contribution in [0.4, 0.5) is 0 Å². The minimum atomic E-state index is -0.225. The fourth-order valence-electron chi connectivity index (χ4n) is 4.64. The molecule has 5 nitrogen and oxygen atoms in total. The monoisotopic (exact) mass is 335 g/mol. The second-order valence-electron chi connectivity index (χ2n) is 7.84. The number of hydrogen-bond acceptors (Lipinski definition) is 3. The van der Waals surface area contributed by atoms with Gasteiger partial charge >= 0.3 is 0 Å². The molecule has 0 aromatic carbocycles. The standard InChI is InChI=1S/C19H33N3O2/c1-15-7-4-5-12-21(15)14-11-20-18(23)17-10-6-13-22(17)19(24)16-8-2-3-9-16/h15-17H,2-14H2,1H3,(H,20,23)/t15-,17+/m1/s1. The highest BCUT2D eigenvalue weighted by Gasteiger charge is 2.37. The number of amides is 2. The van der Waals surface area contributed by atoms with Gasteiger partial charge in [-0.25, -0.2) is 0 Å². The molecule has 2 saturated heterocycles. The molecule has 2 heterocycles. The van der Waals surface area contributed by atoms with E-state index in [4.69, 9.17) is 0 Å². The molecule has 0 unspecified atom stereocenters. The minimum Gasteiger partial charge on any atom is -0.353 e. The topological polar surface area (TPSA) is 52.7 Å². The lowest BCUT2D eigenvalue weighted by atomic mass is 10.0. The van der Waals surface area contributed by atoms with Crippen LogP contribution in [-0.4, -0.2) is 59.9 Å². The molecule has 24 heavy (non-hydrogen) atoms. The Morgan fingerprint density at radius 1 is 0.958 bits per heavy atom. The van der Waals surface area contributed by atoms with Gasteiger partial charge in [-0.15, -0.1) is 0 Å². The Hall–Kier alpha value is -1.10. The van der Waals surface area contributed by atoms with Crippen molar-refractivity contribution in [2.24, 2.45) is 5.92 Å². The minimum absolute atomic E-state index is 0.0588. The zero-order chi connectivity index (χ0) is 16.9.